The highest BCUT2D eigenvalue weighted by molar-refractivity contribution is 5.89. The van der Waals surface area contributed by atoms with Crippen molar-refractivity contribution in [2.75, 3.05) is 11.9 Å². The quantitative estimate of drug-likeness (QED) is 0.903. The second-order valence-electron chi connectivity index (χ2n) is 4.63. The molecule has 108 valence electrons. The van der Waals surface area contributed by atoms with Gasteiger partial charge >= 0.3 is 6.18 Å². The molecule has 0 amide bonds. The summed E-state index contributed by atoms with van der Waals surface area (Å²) in [5.74, 6) is 0. The van der Waals surface area contributed by atoms with Gasteiger partial charge in [0.25, 0.3) is 0 Å². The molecule has 1 heterocycles. The van der Waals surface area contributed by atoms with Crippen LogP contribution in [0.25, 0.3) is 10.9 Å². The molecule has 20 heavy (non-hydrogen) atoms. The van der Waals surface area contributed by atoms with Crippen molar-refractivity contribution in [3.63, 3.8) is 0 Å². The minimum Gasteiger partial charge on any atom is -0.385 e. The molecule has 2 aromatic rings. The molecule has 0 saturated heterocycles. The Morgan fingerprint density at radius 1 is 1.30 bits per heavy atom. The Morgan fingerprint density at radius 2 is 2.00 bits per heavy atom. The first-order valence-electron chi connectivity index (χ1n) is 6.32. The van der Waals surface area contributed by atoms with Crippen LogP contribution < -0.4 is 10.9 Å². The lowest BCUT2D eigenvalue weighted by molar-refractivity contribution is -0.136. The van der Waals surface area contributed by atoms with E-state index in [1.807, 2.05) is 6.92 Å². The first kappa shape index (κ1) is 14.4. The van der Waals surface area contributed by atoms with Crippen molar-refractivity contribution in [3.8, 4) is 0 Å². The van der Waals surface area contributed by atoms with Crippen LogP contribution in [0.5, 0.6) is 0 Å². The van der Waals surface area contributed by atoms with Crippen LogP contribution in [-0.4, -0.2) is 11.5 Å². The van der Waals surface area contributed by atoms with Crippen molar-refractivity contribution in [3.05, 3.63) is 39.7 Å². The molecule has 0 saturated carbocycles. The largest absolute Gasteiger partial charge is 0.417 e. The van der Waals surface area contributed by atoms with Gasteiger partial charge < -0.3 is 10.3 Å². The van der Waals surface area contributed by atoms with Gasteiger partial charge in [0, 0.05) is 23.7 Å². The number of H-pyrrole nitrogens is 1. The van der Waals surface area contributed by atoms with Gasteiger partial charge in [-0.25, -0.2) is 0 Å². The van der Waals surface area contributed by atoms with Crippen molar-refractivity contribution in [1.29, 1.82) is 0 Å². The predicted molar refractivity (Wildman–Crippen MR) is 73.1 cm³/mol. The first-order chi connectivity index (χ1) is 9.34. The summed E-state index contributed by atoms with van der Waals surface area (Å²) in [6, 6.07) is 3.60. The van der Waals surface area contributed by atoms with Crippen LogP contribution >= 0.6 is 0 Å². The maximum absolute atomic E-state index is 13.0. The monoisotopic (exact) mass is 284 g/mol. The van der Waals surface area contributed by atoms with Crippen molar-refractivity contribution in [2.24, 2.45) is 0 Å². The highest BCUT2D eigenvalue weighted by atomic mass is 19.4. The van der Waals surface area contributed by atoms with Gasteiger partial charge in [-0.2, -0.15) is 13.2 Å². The zero-order valence-electron chi connectivity index (χ0n) is 11.2. The van der Waals surface area contributed by atoms with Crippen molar-refractivity contribution in [2.45, 2.75) is 26.4 Å². The summed E-state index contributed by atoms with van der Waals surface area (Å²) in [6.07, 6.45) is -3.64. The van der Waals surface area contributed by atoms with Gasteiger partial charge in [-0.1, -0.05) is 13.0 Å². The molecule has 0 bridgehead atoms. The van der Waals surface area contributed by atoms with Crippen LogP contribution in [0.1, 0.15) is 24.5 Å². The summed E-state index contributed by atoms with van der Waals surface area (Å²) >= 11 is 0. The molecule has 1 aromatic carbocycles. The number of halogens is 3. The number of alkyl halides is 3. The lowest BCUT2D eigenvalue weighted by Crippen LogP contribution is -2.15. The van der Waals surface area contributed by atoms with Crippen molar-refractivity contribution >= 4 is 16.6 Å². The van der Waals surface area contributed by atoms with E-state index in [-0.39, 0.29) is 10.9 Å². The molecular weight excluding hydrogens is 269 g/mol. The summed E-state index contributed by atoms with van der Waals surface area (Å²) in [5, 5.41) is 3.14. The van der Waals surface area contributed by atoms with Crippen molar-refractivity contribution in [1.82, 2.24) is 4.98 Å². The Balaban J connectivity index is 2.70. The molecule has 1 aromatic heterocycles. The van der Waals surface area contributed by atoms with E-state index in [2.05, 4.69) is 10.3 Å². The Hall–Kier alpha value is -1.98. The van der Waals surface area contributed by atoms with Crippen LogP contribution in [0.3, 0.4) is 0 Å². The van der Waals surface area contributed by atoms with Crippen LogP contribution in [0.15, 0.2) is 23.0 Å². The number of hydrogen-bond donors (Lipinski definition) is 2. The lowest BCUT2D eigenvalue weighted by Gasteiger charge is -2.14. The fourth-order valence-corrected chi connectivity index (χ4v) is 2.15. The molecule has 0 atom stereocenters. The average molecular weight is 284 g/mol. The van der Waals surface area contributed by atoms with Gasteiger partial charge in [-0.3, -0.25) is 4.79 Å². The third-order valence-corrected chi connectivity index (χ3v) is 3.15. The molecule has 6 heteroatoms. The van der Waals surface area contributed by atoms with Crippen LogP contribution in [0, 0.1) is 6.92 Å². The van der Waals surface area contributed by atoms with Gasteiger partial charge in [-0.15, -0.1) is 0 Å². The number of benzene rings is 1. The number of pyridine rings is 1. The zero-order valence-corrected chi connectivity index (χ0v) is 11.2. The van der Waals surface area contributed by atoms with E-state index in [0.29, 0.717) is 11.6 Å². The van der Waals surface area contributed by atoms with Crippen LogP contribution in [0.2, 0.25) is 0 Å². The van der Waals surface area contributed by atoms with Gasteiger partial charge in [0.05, 0.1) is 11.1 Å². The van der Waals surface area contributed by atoms with Crippen LogP contribution in [0.4, 0.5) is 18.9 Å². The minimum absolute atomic E-state index is 0.0108. The number of aromatic nitrogens is 1. The number of aryl methyl sites for hydroxylation is 1. The number of anilines is 1. The van der Waals surface area contributed by atoms with Gasteiger partial charge in [-0.05, 0) is 25.0 Å². The lowest BCUT2D eigenvalue weighted by atomic mass is 10.0. The summed E-state index contributed by atoms with van der Waals surface area (Å²) in [4.78, 5) is 13.9. The molecule has 0 aliphatic rings. The summed E-state index contributed by atoms with van der Waals surface area (Å²) in [6.45, 7) is 4.40. The Morgan fingerprint density at radius 3 is 2.60 bits per heavy atom. The van der Waals surface area contributed by atoms with Crippen LogP contribution in [-0.2, 0) is 6.18 Å². The smallest absolute Gasteiger partial charge is 0.385 e. The molecule has 3 nitrogen and oxygen atoms in total. The molecule has 2 rings (SSSR count). The van der Waals surface area contributed by atoms with Crippen molar-refractivity contribution < 1.29 is 13.2 Å². The normalized spacial score (nSPS) is 11.8. The molecule has 0 aliphatic heterocycles. The molecule has 0 fully saturated rings. The van der Waals surface area contributed by atoms with E-state index >= 15 is 0 Å². The standard InChI is InChI=1S/C14H15F3N2O/c1-3-6-18-11-5-4-9-10(14(15,16)17)7-12(20)19-13(9)8(11)2/h4-5,7,18H,3,6H2,1-2H3,(H,19,20). The number of fused-ring (bicyclic) bond motifs is 1. The van der Waals surface area contributed by atoms with Gasteiger partial charge in [0.1, 0.15) is 0 Å². The highest BCUT2D eigenvalue weighted by Gasteiger charge is 2.33. The SMILES string of the molecule is CCCNc1ccc2c(C(F)(F)F)cc(=O)[nH]c2c1C. The van der Waals surface area contributed by atoms with E-state index in [4.69, 9.17) is 0 Å². The Kier molecular flexibility index (Phi) is 3.74. The molecule has 0 spiro atoms. The maximum Gasteiger partial charge on any atom is 0.417 e. The fourth-order valence-electron chi connectivity index (χ4n) is 2.15. The molecule has 0 unspecified atom stereocenters. The molecule has 2 N–H and O–H groups in total. The number of nitrogens with one attached hydrogen (secondary N) is 2. The van der Waals surface area contributed by atoms with E-state index in [0.717, 1.165) is 18.7 Å². The number of hydrogen-bond acceptors (Lipinski definition) is 2. The predicted octanol–water partition coefficient (Wildman–Crippen LogP) is 3.68. The number of rotatable bonds is 3. The van der Waals surface area contributed by atoms with Gasteiger partial charge in [0.15, 0.2) is 0 Å². The first-order valence-corrected chi connectivity index (χ1v) is 6.32. The highest BCUT2D eigenvalue weighted by Crippen LogP contribution is 2.35. The topological polar surface area (TPSA) is 44.9 Å². The second-order valence-corrected chi connectivity index (χ2v) is 4.63. The molecular formula is C14H15F3N2O. The third-order valence-electron chi connectivity index (χ3n) is 3.15. The number of aromatic amines is 1. The minimum atomic E-state index is -4.54. The van der Waals surface area contributed by atoms with E-state index in [1.54, 1.807) is 13.0 Å². The average Bonchev–Trinajstić information content (AvgIpc) is 2.37. The van der Waals surface area contributed by atoms with E-state index in [9.17, 15) is 18.0 Å². The summed E-state index contributed by atoms with van der Waals surface area (Å²) in [5.41, 5.74) is -0.0821. The second kappa shape index (κ2) is 5.19. The zero-order chi connectivity index (χ0) is 14.9. The van der Waals surface area contributed by atoms with Gasteiger partial charge in [0.2, 0.25) is 5.56 Å². The molecule has 0 aliphatic carbocycles. The fraction of sp³-hybridized carbons (Fsp3) is 0.357. The van der Waals surface area contributed by atoms with E-state index < -0.39 is 17.3 Å². The third kappa shape index (κ3) is 2.64. The summed E-state index contributed by atoms with van der Waals surface area (Å²) < 4.78 is 38.9. The Labute approximate surface area is 113 Å². The maximum atomic E-state index is 13.0. The molecule has 0 radical (unpaired) electrons. The summed E-state index contributed by atoms with van der Waals surface area (Å²) in [7, 11) is 0. The Bertz CT molecular complexity index is 689. The van der Waals surface area contributed by atoms with E-state index in [1.165, 1.54) is 6.07 Å².